The molecule has 3 rings (SSSR count). The lowest BCUT2D eigenvalue weighted by atomic mass is 10.1. The molecule has 0 fully saturated rings. The highest BCUT2D eigenvalue weighted by Gasteiger charge is 2.14. The Morgan fingerprint density at radius 2 is 1.65 bits per heavy atom. The molecule has 0 unspecified atom stereocenters. The van der Waals surface area contributed by atoms with Crippen LogP contribution in [0.3, 0.4) is 0 Å². The number of amidine groups is 1. The fourth-order valence-electron chi connectivity index (χ4n) is 2.97. The molecular formula is C22H23N5O3S. The molecule has 0 aliphatic carbocycles. The zero-order valence-corrected chi connectivity index (χ0v) is 17.9. The molecule has 9 heteroatoms. The van der Waals surface area contributed by atoms with Crippen molar-refractivity contribution in [2.45, 2.75) is 4.90 Å². The topological polar surface area (TPSA) is 128 Å². The number of urea groups is 1. The first-order chi connectivity index (χ1) is 14.6. The van der Waals surface area contributed by atoms with Crippen LogP contribution in [-0.2, 0) is 9.84 Å². The van der Waals surface area contributed by atoms with Crippen LogP contribution in [0.15, 0.2) is 77.7 Å². The number of nitrogens with zero attached hydrogens (tertiary/aromatic N) is 1. The zero-order valence-electron chi connectivity index (χ0n) is 17.1. The number of carbonyl (C=O) groups excluding carboxylic acids is 1. The summed E-state index contributed by atoms with van der Waals surface area (Å²) in [5.74, 6) is -0.0618. The minimum atomic E-state index is -3.37. The van der Waals surface area contributed by atoms with E-state index in [0.717, 1.165) is 5.56 Å². The van der Waals surface area contributed by atoms with E-state index in [1.807, 2.05) is 0 Å². The molecule has 0 aliphatic rings. The Hall–Kier alpha value is -3.85. The summed E-state index contributed by atoms with van der Waals surface area (Å²) in [5.41, 5.74) is 11.5. The van der Waals surface area contributed by atoms with Crippen LogP contribution in [0.25, 0.3) is 11.1 Å². The van der Waals surface area contributed by atoms with Gasteiger partial charge in [0.25, 0.3) is 0 Å². The molecule has 0 aromatic heterocycles. The first-order valence-corrected chi connectivity index (χ1v) is 11.2. The Balaban J connectivity index is 1.71. The number of hydrazine groups is 1. The van der Waals surface area contributed by atoms with Crippen LogP contribution >= 0.6 is 0 Å². The Morgan fingerprint density at radius 3 is 2.29 bits per heavy atom. The number of amides is 2. The summed E-state index contributed by atoms with van der Waals surface area (Å²) in [5, 5.41) is 11.5. The minimum absolute atomic E-state index is 0.0618. The van der Waals surface area contributed by atoms with Crippen molar-refractivity contribution in [1.29, 1.82) is 5.41 Å². The van der Waals surface area contributed by atoms with E-state index in [9.17, 15) is 13.2 Å². The summed E-state index contributed by atoms with van der Waals surface area (Å²) in [7, 11) is -1.80. The number of rotatable bonds is 6. The van der Waals surface area contributed by atoms with Gasteiger partial charge in [-0.15, -0.1) is 0 Å². The van der Waals surface area contributed by atoms with E-state index >= 15 is 0 Å². The van der Waals surface area contributed by atoms with Crippen molar-refractivity contribution >= 4 is 33.1 Å². The van der Waals surface area contributed by atoms with Crippen LogP contribution in [0, 0.1) is 5.41 Å². The number of nitrogen functional groups attached to an aromatic ring is 1. The van der Waals surface area contributed by atoms with Crippen molar-refractivity contribution in [2.24, 2.45) is 5.73 Å². The van der Waals surface area contributed by atoms with E-state index in [2.05, 4.69) is 10.7 Å². The van der Waals surface area contributed by atoms with Crippen LogP contribution < -0.4 is 16.5 Å². The van der Waals surface area contributed by atoms with Gasteiger partial charge in [0.05, 0.1) is 10.6 Å². The van der Waals surface area contributed by atoms with Gasteiger partial charge in [0.15, 0.2) is 9.84 Å². The molecule has 0 saturated carbocycles. The highest BCUT2D eigenvalue weighted by atomic mass is 32.2. The molecule has 0 bridgehead atoms. The van der Waals surface area contributed by atoms with Crippen molar-refractivity contribution in [3.05, 3.63) is 78.4 Å². The number of hydrogen-bond acceptors (Lipinski definition) is 5. The summed E-state index contributed by atoms with van der Waals surface area (Å²) in [6, 6.07) is 20.2. The number of benzene rings is 3. The average Bonchev–Trinajstić information content (AvgIpc) is 2.74. The van der Waals surface area contributed by atoms with Gasteiger partial charge < -0.3 is 11.1 Å². The van der Waals surface area contributed by atoms with Gasteiger partial charge in [0.1, 0.15) is 5.84 Å². The summed E-state index contributed by atoms with van der Waals surface area (Å²) in [4.78, 5) is 12.7. The summed E-state index contributed by atoms with van der Waals surface area (Å²) in [6.45, 7) is 0. The predicted molar refractivity (Wildman–Crippen MR) is 123 cm³/mol. The quantitative estimate of drug-likeness (QED) is 0.266. The van der Waals surface area contributed by atoms with Crippen LogP contribution in [0.1, 0.15) is 5.56 Å². The third-order valence-corrected chi connectivity index (χ3v) is 5.66. The zero-order chi connectivity index (χ0) is 22.6. The van der Waals surface area contributed by atoms with Crippen LogP contribution in [-0.4, -0.2) is 38.6 Å². The van der Waals surface area contributed by atoms with Crippen molar-refractivity contribution in [1.82, 2.24) is 5.01 Å². The van der Waals surface area contributed by atoms with Crippen molar-refractivity contribution in [3.63, 3.8) is 0 Å². The third kappa shape index (κ3) is 5.40. The first kappa shape index (κ1) is 21.8. The molecule has 0 atom stereocenters. The molecule has 5 N–H and O–H groups in total. The molecular weight excluding hydrogens is 414 g/mol. The SMILES string of the molecule is CN(Nc1cccc(C(=N)N)c1)C(=O)Nc1ccc(-c2ccccc2S(C)(=O)=O)cc1. The highest BCUT2D eigenvalue weighted by Crippen LogP contribution is 2.28. The smallest absolute Gasteiger partial charge is 0.340 e. The molecule has 0 heterocycles. The average molecular weight is 438 g/mol. The van der Waals surface area contributed by atoms with Gasteiger partial charge in [0, 0.05) is 30.1 Å². The van der Waals surface area contributed by atoms with Gasteiger partial charge in [-0.25, -0.2) is 18.2 Å². The van der Waals surface area contributed by atoms with Gasteiger partial charge in [-0.2, -0.15) is 0 Å². The molecule has 0 aliphatic heterocycles. The van der Waals surface area contributed by atoms with Crippen molar-refractivity contribution < 1.29 is 13.2 Å². The minimum Gasteiger partial charge on any atom is -0.384 e. The van der Waals surface area contributed by atoms with Crippen molar-refractivity contribution in [2.75, 3.05) is 24.0 Å². The molecule has 3 aromatic rings. The van der Waals surface area contributed by atoms with Gasteiger partial charge in [0.2, 0.25) is 0 Å². The molecule has 2 amide bonds. The number of anilines is 2. The number of carbonyl (C=O) groups is 1. The summed E-state index contributed by atoms with van der Waals surface area (Å²) >= 11 is 0. The molecule has 8 nitrogen and oxygen atoms in total. The molecule has 0 saturated heterocycles. The standard InChI is InChI=1S/C22H23N5O3S/c1-27(26-18-7-5-6-16(14-18)21(23)24)22(28)25-17-12-10-15(11-13-17)19-8-3-4-9-20(19)31(2,29)30/h3-14,26H,1-2H3,(H3,23,24)(H,25,28). The molecule has 31 heavy (non-hydrogen) atoms. The van der Waals surface area contributed by atoms with Gasteiger partial charge in [-0.05, 0) is 35.9 Å². The van der Waals surface area contributed by atoms with Crippen LogP contribution in [0.2, 0.25) is 0 Å². The summed E-state index contributed by atoms with van der Waals surface area (Å²) in [6.07, 6.45) is 1.18. The van der Waals surface area contributed by atoms with Crippen LogP contribution in [0.4, 0.5) is 16.2 Å². The van der Waals surface area contributed by atoms with Gasteiger partial charge in [-0.1, -0.05) is 42.5 Å². The number of sulfone groups is 1. The maximum Gasteiger partial charge on any atom is 0.340 e. The Morgan fingerprint density at radius 1 is 0.968 bits per heavy atom. The predicted octanol–water partition coefficient (Wildman–Crippen LogP) is 3.53. The molecule has 160 valence electrons. The first-order valence-electron chi connectivity index (χ1n) is 9.30. The molecule has 0 spiro atoms. The highest BCUT2D eigenvalue weighted by molar-refractivity contribution is 7.90. The van der Waals surface area contributed by atoms with Gasteiger partial charge >= 0.3 is 6.03 Å². The second-order valence-corrected chi connectivity index (χ2v) is 8.93. The summed E-state index contributed by atoms with van der Waals surface area (Å²) < 4.78 is 24.1. The maximum atomic E-state index is 12.5. The lowest BCUT2D eigenvalue weighted by molar-refractivity contribution is 0.230. The van der Waals surface area contributed by atoms with E-state index in [0.29, 0.717) is 22.5 Å². The van der Waals surface area contributed by atoms with Crippen LogP contribution in [0.5, 0.6) is 0 Å². The molecule has 0 radical (unpaired) electrons. The third-order valence-electron chi connectivity index (χ3n) is 4.51. The van der Waals surface area contributed by atoms with E-state index in [1.54, 1.807) is 79.8 Å². The van der Waals surface area contributed by atoms with E-state index in [4.69, 9.17) is 11.1 Å². The number of nitrogens with one attached hydrogen (secondary N) is 3. The fraction of sp³-hybridized carbons (Fsp3) is 0.0909. The van der Waals surface area contributed by atoms with Gasteiger partial charge in [-0.3, -0.25) is 10.8 Å². The Bertz CT molecular complexity index is 1220. The number of hydrogen-bond donors (Lipinski definition) is 4. The van der Waals surface area contributed by atoms with Crippen molar-refractivity contribution in [3.8, 4) is 11.1 Å². The maximum absolute atomic E-state index is 12.5. The lowest BCUT2D eigenvalue weighted by Crippen LogP contribution is -2.36. The van der Waals surface area contributed by atoms with E-state index in [-0.39, 0.29) is 10.7 Å². The Labute approximate surface area is 181 Å². The second kappa shape index (κ2) is 8.88. The lowest BCUT2D eigenvalue weighted by Gasteiger charge is -2.20. The largest absolute Gasteiger partial charge is 0.384 e. The second-order valence-electron chi connectivity index (χ2n) is 6.94. The Kier molecular flexibility index (Phi) is 6.26. The number of nitrogens with two attached hydrogens (primary N) is 1. The van der Waals surface area contributed by atoms with E-state index < -0.39 is 15.9 Å². The molecule has 3 aromatic carbocycles. The van der Waals surface area contributed by atoms with E-state index in [1.165, 1.54) is 11.3 Å². The fourth-order valence-corrected chi connectivity index (χ4v) is 3.88. The monoisotopic (exact) mass is 437 g/mol. The normalized spacial score (nSPS) is 10.9.